The zero-order valence-electron chi connectivity index (χ0n) is 14.5. The molecule has 0 aliphatic heterocycles. The Morgan fingerprint density at radius 3 is 1.91 bits per heavy atom. The Kier molecular flexibility index (Phi) is 22.9. The van der Waals surface area contributed by atoms with Gasteiger partial charge in [0, 0.05) is 6.42 Å². The Bertz CT molecular complexity index is 307. The number of unbranched alkanes of at least 4 members (excludes halogenated alkanes) is 5. The van der Waals surface area contributed by atoms with E-state index in [1.165, 1.54) is 19.9 Å². The molecule has 0 unspecified atom stereocenters. The van der Waals surface area contributed by atoms with Crippen LogP contribution in [0.1, 0.15) is 71.1 Å². The predicted octanol–water partition coefficient (Wildman–Crippen LogP) is 5.24. The summed E-state index contributed by atoms with van der Waals surface area (Å²) in [6.45, 7) is 2.15. The monoisotopic (exact) mass is 309 g/mol. The second-order valence-electron chi connectivity index (χ2n) is 4.99. The minimum absolute atomic E-state index is 0.319. The minimum Gasteiger partial charge on any atom is -0.481 e. The van der Waals surface area contributed by atoms with Crippen LogP contribution in [0.2, 0.25) is 0 Å². The lowest BCUT2D eigenvalue weighted by atomic mass is 10.1. The van der Waals surface area contributed by atoms with Gasteiger partial charge in [-0.15, -0.1) is 0 Å². The maximum Gasteiger partial charge on any atom is 0.303 e. The largest absolute Gasteiger partial charge is 0.481 e. The number of nitrogens with two attached hydrogens (primary N) is 1. The van der Waals surface area contributed by atoms with Crippen LogP contribution in [-0.4, -0.2) is 18.1 Å². The molecule has 0 fully saturated rings. The Labute approximate surface area is 137 Å². The zero-order chi connectivity index (χ0) is 16.9. The van der Waals surface area contributed by atoms with Crippen LogP contribution < -0.4 is 5.73 Å². The fourth-order valence-electron chi connectivity index (χ4n) is 1.90. The number of rotatable bonds is 13. The first-order valence-electron chi connectivity index (χ1n) is 8.52. The summed E-state index contributed by atoms with van der Waals surface area (Å²) in [6, 6.07) is 0. The van der Waals surface area contributed by atoms with E-state index >= 15 is 0 Å². The molecule has 0 saturated carbocycles. The van der Waals surface area contributed by atoms with Crippen molar-refractivity contribution in [3.63, 3.8) is 0 Å². The van der Waals surface area contributed by atoms with Crippen molar-refractivity contribution in [3.8, 4) is 0 Å². The van der Waals surface area contributed by atoms with Crippen LogP contribution in [0.15, 0.2) is 36.5 Å². The first-order chi connectivity index (χ1) is 10.8. The van der Waals surface area contributed by atoms with E-state index in [1.54, 1.807) is 0 Å². The molecular formula is C19H35NO2. The van der Waals surface area contributed by atoms with E-state index in [-0.39, 0.29) is 0 Å². The van der Waals surface area contributed by atoms with Gasteiger partial charge in [0.25, 0.3) is 0 Å². The molecule has 0 rings (SSSR count). The molecule has 0 aliphatic rings. The topological polar surface area (TPSA) is 63.3 Å². The van der Waals surface area contributed by atoms with Gasteiger partial charge >= 0.3 is 5.97 Å². The molecule has 22 heavy (non-hydrogen) atoms. The molecule has 0 spiro atoms. The van der Waals surface area contributed by atoms with Crippen LogP contribution in [0, 0.1) is 0 Å². The normalized spacial score (nSPS) is 11.2. The summed E-state index contributed by atoms with van der Waals surface area (Å²) in [5.74, 6) is -0.675. The van der Waals surface area contributed by atoms with E-state index in [2.05, 4.69) is 49.1 Å². The molecule has 0 aromatic rings. The maximum atomic E-state index is 10.3. The molecule has 3 N–H and O–H groups in total. The van der Waals surface area contributed by atoms with Gasteiger partial charge in [0.2, 0.25) is 0 Å². The molecule has 0 saturated heterocycles. The molecule has 0 bridgehead atoms. The van der Waals surface area contributed by atoms with E-state index in [9.17, 15) is 4.79 Å². The Morgan fingerprint density at radius 1 is 0.818 bits per heavy atom. The molecule has 3 heteroatoms. The Balaban J connectivity index is 0. The first-order valence-corrected chi connectivity index (χ1v) is 8.52. The van der Waals surface area contributed by atoms with Crippen molar-refractivity contribution in [1.29, 1.82) is 0 Å². The standard InChI is InChI=1S/C18H30O2.CH5N/c1-2-3-4-5-6-7-8-9-10-11-12-13-14-15-16-17-18(19)20;1-2/h3-4,6-7,9-10H,2,5,8,11-17H2,1H3,(H,19,20);2H2,1H3/b4-3-,7-6-,10-9-;. The Hall–Kier alpha value is -1.35. The lowest BCUT2D eigenvalue weighted by Gasteiger charge is -1.98. The number of allylic oxidation sites excluding steroid dienone is 6. The van der Waals surface area contributed by atoms with Crippen molar-refractivity contribution in [3.05, 3.63) is 36.5 Å². The molecule has 0 atom stereocenters. The van der Waals surface area contributed by atoms with Crippen molar-refractivity contribution in [2.24, 2.45) is 5.73 Å². The van der Waals surface area contributed by atoms with Gasteiger partial charge in [-0.1, -0.05) is 62.6 Å². The molecule has 0 amide bonds. The second kappa shape index (κ2) is 21.9. The van der Waals surface area contributed by atoms with Crippen LogP contribution >= 0.6 is 0 Å². The van der Waals surface area contributed by atoms with Gasteiger partial charge in [-0.05, 0) is 45.6 Å². The second-order valence-corrected chi connectivity index (χ2v) is 4.99. The van der Waals surface area contributed by atoms with Crippen LogP contribution in [0.25, 0.3) is 0 Å². The van der Waals surface area contributed by atoms with Crippen molar-refractivity contribution >= 4 is 5.97 Å². The highest BCUT2D eigenvalue weighted by Crippen LogP contribution is 2.07. The minimum atomic E-state index is -0.675. The van der Waals surface area contributed by atoms with Crippen molar-refractivity contribution in [2.45, 2.75) is 71.1 Å². The summed E-state index contributed by atoms with van der Waals surface area (Å²) < 4.78 is 0. The van der Waals surface area contributed by atoms with Gasteiger partial charge in [-0.25, -0.2) is 0 Å². The van der Waals surface area contributed by atoms with Gasteiger partial charge < -0.3 is 10.8 Å². The molecule has 0 aromatic heterocycles. The smallest absolute Gasteiger partial charge is 0.303 e. The predicted molar refractivity (Wildman–Crippen MR) is 97.0 cm³/mol. The quantitative estimate of drug-likeness (QED) is 0.361. The van der Waals surface area contributed by atoms with Gasteiger partial charge in [0.1, 0.15) is 0 Å². The van der Waals surface area contributed by atoms with Crippen molar-refractivity contribution in [1.82, 2.24) is 0 Å². The van der Waals surface area contributed by atoms with Crippen LogP contribution in [0.5, 0.6) is 0 Å². The third kappa shape index (κ3) is 23.7. The van der Waals surface area contributed by atoms with E-state index in [4.69, 9.17) is 5.11 Å². The summed E-state index contributed by atoms with van der Waals surface area (Å²) in [4.78, 5) is 10.3. The molecule has 0 aromatic carbocycles. The van der Waals surface area contributed by atoms with Crippen molar-refractivity contribution in [2.75, 3.05) is 7.05 Å². The van der Waals surface area contributed by atoms with Gasteiger partial charge in [-0.2, -0.15) is 0 Å². The number of carboxylic acids is 1. The number of hydrogen-bond acceptors (Lipinski definition) is 2. The summed E-state index contributed by atoms with van der Waals surface area (Å²) in [5.41, 5.74) is 4.50. The van der Waals surface area contributed by atoms with E-state index in [1.807, 2.05) is 0 Å². The number of carbonyl (C=O) groups is 1. The van der Waals surface area contributed by atoms with Crippen LogP contribution in [0.4, 0.5) is 0 Å². The fraction of sp³-hybridized carbons (Fsp3) is 0.632. The highest BCUT2D eigenvalue weighted by molar-refractivity contribution is 5.66. The lowest BCUT2D eigenvalue weighted by molar-refractivity contribution is -0.137. The van der Waals surface area contributed by atoms with Gasteiger partial charge in [0.05, 0.1) is 0 Å². The van der Waals surface area contributed by atoms with E-state index in [0.717, 1.165) is 44.9 Å². The number of aliphatic carboxylic acids is 1. The molecule has 0 aliphatic carbocycles. The fourth-order valence-corrected chi connectivity index (χ4v) is 1.90. The first kappa shape index (κ1) is 22.9. The molecule has 128 valence electrons. The van der Waals surface area contributed by atoms with Crippen LogP contribution in [0.3, 0.4) is 0 Å². The third-order valence-electron chi connectivity index (χ3n) is 3.04. The molecule has 3 nitrogen and oxygen atoms in total. The Morgan fingerprint density at radius 2 is 1.32 bits per heavy atom. The summed E-state index contributed by atoms with van der Waals surface area (Å²) in [5, 5.41) is 8.50. The molecular weight excluding hydrogens is 274 g/mol. The summed E-state index contributed by atoms with van der Waals surface area (Å²) >= 11 is 0. The zero-order valence-corrected chi connectivity index (χ0v) is 14.5. The highest BCUT2D eigenvalue weighted by Gasteiger charge is 1.95. The van der Waals surface area contributed by atoms with Gasteiger partial charge in [-0.3, -0.25) is 4.79 Å². The highest BCUT2D eigenvalue weighted by atomic mass is 16.4. The summed E-state index contributed by atoms with van der Waals surface area (Å²) in [7, 11) is 1.50. The molecule has 0 radical (unpaired) electrons. The van der Waals surface area contributed by atoms with Crippen molar-refractivity contribution < 1.29 is 9.90 Å². The third-order valence-corrected chi connectivity index (χ3v) is 3.04. The number of hydrogen-bond donors (Lipinski definition) is 2. The summed E-state index contributed by atoms with van der Waals surface area (Å²) in [6.07, 6.45) is 23.4. The van der Waals surface area contributed by atoms with E-state index in [0.29, 0.717) is 6.42 Å². The lowest BCUT2D eigenvalue weighted by Crippen LogP contribution is -1.93. The van der Waals surface area contributed by atoms with Crippen LogP contribution in [-0.2, 0) is 4.79 Å². The van der Waals surface area contributed by atoms with E-state index < -0.39 is 5.97 Å². The SMILES string of the molecule is CC/C=C\C/C=C\C/C=C\CCCCCCCC(=O)O.CN. The number of carboxylic acid groups (broad SMARTS) is 1. The van der Waals surface area contributed by atoms with Gasteiger partial charge in [0.15, 0.2) is 0 Å². The maximum absolute atomic E-state index is 10.3. The molecule has 0 heterocycles. The average molecular weight is 309 g/mol. The average Bonchev–Trinajstić information content (AvgIpc) is 2.53.